The highest BCUT2D eigenvalue weighted by Gasteiger charge is 2.53. The topological polar surface area (TPSA) is 45.2 Å². The third kappa shape index (κ3) is 1.30. The summed E-state index contributed by atoms with van der Waals surface area (Å²) in [5.41, 5.74) is 2.83. The summed E-state index contributed by atoms with van der Waals surface area (Å²) in [6, 6.07) is 9.60. The fourth-order valence-electron chi connectivity index (χ4n) is 3.27. The molecule has 4 nitrogen and oxygen atoms in total. The summed E-state index contributed by atoms with van der Waals surface area (Å²) in [6.45, 7) is 1.47. The summed E-state index contributed by atoms with van der Waals surface area (Å²) >= 11 is 0. The summed E-state index contributed by atoms with van der Waals surface area (Å²) in [6.07, 6.45) is 3.38. The normalized spacial score (nSPS) is 23.8. The van der Waals surface area contributed by atoms with E-state index in [2.05, 4.69) is 10.3 Å². The molecular weight excluding hydrogens is 249 g/mol. The first-order valence-corrected chi connectivity index (χ1v) is 6.61. The molecule has 2 aliphatic rings. The molecule has 4 rings (SSSR count). The second-order valence-electron chi connectivity index (χ2n) is 5.14. The van der Waals surface area contributed by atoms with Crippen molar-refractivity contribution in [2.75, 3.05) is 13.1 Å². The Morgan fingerprint density at radius 3 is 2.85 bits per heavy atom. The van der Waals surface area contributed by atoms with Crippen molar-refractivity contribution in [2.45, 2.75) is 5.66 Å². The van der Waals surface area contributed by atoms with E-state index in [9.17, 15) is 4.79 Å². The zero-order chi connectivity index (χ0) is 13.7. The van der Waals surface area contributed by atoms with E-state index in [1.54, 1.807) is 12.4 Å². The number of rotatable bonds is 1. The van der Waals surface area contributed by atoms with E-state index in [4.69, 9.17) is 7.85 Å². The maximum Gasteiger partial charge on any atom is 0.257 e. The molecule has 2 aliphatic heterocycles. The fraction of sp³-hybridized carbons (Fsp3) is 0.200. The number of hydrogen-bond donors (Lipinski definition) is 1. The van der Waals surface area contributed by atoms with Crippen molar-refractivity contribution in [1.29, 1.82) is 0 Å². The lowest BCUT2D eigenvalue weighted by atomic mass is 9.88. The number of fused-ring (bicyclic) bond motifs is 3. The summed E-state index contributed by atoms with van der Waals surface area (Å²) in [7, 11) is 5.77. The van der Waals surface area contributed by atoms with Gasteiger partial charge in [0.05, 0.1) is 5.56 Å². The highest BCUT2D eigenvalue weighted by atomic mass is 16.2. The summed E-state index contributed by atoms with van der Waals surface area (Å²) < 4.78 is 0. The van der Waals surface area contributed by atoms with E-state index in [1.165, 1.54) is 0 Å². The highest BCUT2D eigenvalue weighted by Crippen LogP contribution is 2.43. The van der Waals surface area contributed by atoms with Gasteiger partial charge in [0.25, 0.3) is 5.91 Å². The molecule has 20 heavy (non-hydrogen) atoms. The molecular formula is C15H12BN3O. The number of carbonyl (C=O) groups is 1. The Morgan fingerprint density at radius 2 is 2.05 bits per heavy atom. The molecule has 0 saturated carbocycles. The van der Waals surface area contributed by atoms with E-state index in [1.807, 2.05) is 35.2 Å². The molecule has 0 aliphatic carbocycles. The van der Waals surface area contributed by atoms with Gasteiger partial charge in [-0.25, -0.2) is 0 Å². The third-order valence-corrected chi connectivity index (χ3v) is 4.14. The zero-order valence-electron chi connectivity index (χ0n) is 10.8. The lowest BCUT2D eigenvalue weighted by molar-refractivity contribution is 0.0694. The molecule has 1 amide bonds. The van der Waals surface area contributed by atoms with Crippen LogP contribution in [0.15, 0.2) is 42.7 Å². The largest absolute Gasteiger partial charge is 0.311 e. The van der Waals surface area contributed by atoms with Gasteiger partial charge in [0.2, 0.25) is 0 Å². The Balaban J connectivity index is 1.99. The first-order valence-electron chi connectivity index (χ1n) is 6.61. The standard InChI is InChI=1S/C15H12BN3O/c16-11-3-1-10(2-4-11)15-13-5-6-17-9-12(13)14(20)19(15)8-7-18-15/h1-6,9,18H,7-8H2. The minimum Gasteiger partial charge on any atom is -0.311 e. The summed E-state index contributed by atoms with van der Waals surface area (Å²) in [5, 5.41) is 3.49. The van der Waals surface area contributed by atoms with Crippen LogP contribution in [0.2, 0.25) is 0 Å². The molecule has 1 saturated heterocycles. The van der Waals surface area contributed by atoms with Crippen LogP contribution in [0.3, 0.4) is 0 Å². The second-order valence-corrected chi connectivity index (χ2v) is 5.14. The minimum absolute atomic E-state index is 0.0370. The van der Waals surface area contributed by atoms with Crippen LogP contribution >= 0.6 is 0 Å². The van der Waals surface area contributed by atoms with Gasteiger partial charge < -0.3 is 4.90 Å². The Morgan fingerprint density at radius 1 is 1.25 bits per heavy atom. The van der Waals surface area contributed by atoms with Crippen LogP contribution in [-0.2, 0) is 5.66 Å². The quantitative estimate of drug-likeness (QED) is 0.742. The first-order chi connectivity index (χ1) is 9.73. The number of aromatic nitrogens is 1. The number of benzene rings is 1. The smallest absolute Gasteiger partial charge is 0.257 e. The number of hydrogen-bond acceptors (Lipinski definition) is 3. The lowest BCUT2D eigenvalue weighted by Gasteiger charge is -2.33. The van der Waals surface area contributed by atoms with Crippen molar-refractivity contribution in [3.05, 3.63) is 59.4 Å². The molecule has 0 bridgehead atoms. The number of nitrogens with zero attached hydrogens (tertiary/aromatic N) is 2. The molecule has 1 fully saturated rings. The van der Waals surface area contributed by atoms with E-state index in [0.717, 1.165) is 17.7 Å². The van der Waals surface area contributed by atoms with E-state index in [-0.39, 0.29) is 5.91 Å². The molecule has 1 aromatic heterocycles. The summed E-state index contributed by atoms with van der Waals surface area (Å²) in [4.78, 5) is 18.5. The maximum atomic E-state index is 12.5. The van der Waals surface area contributed by atoms with Crippen LogP contribution in [0.1, 0.15) is 21.5 Å². The average Bonchev–Trinajstić information content (AvgIpc) is 3.01. The Kier molecular flexibility index (Phi) is 2.29. The van der Waals surface area contributed by atoms with Gasteiger partial charge in [0.15, 0.2) is 0 Å². The number of nitrogens with one attached hydrogen (secondary N) is 1. The van der Waals surface area contributed by atoms with Crippen LogP contribution < -0.4 is 10.8 Å². The fourth-order valence-corrected chi connectivity index (χ4v) is 3.27. The monoisotopic (exact) mass is 261 g/mol. The SMILES string of the molecule is [B]c1ccc(C23NCCN2C(=O)c2cnccc23)cc1. The van der Waals surface area contributed by atoms with Crippen LogP contribution in [0.5, 0.6) is 0 Å². The predicted molar refractivity (Wildman–Crippen MR) is 75.9 cm³/mol. The lowest BCUT2D eigenvalue weighted by Crippen LogP contribution is -2.46. The first kappa shape index (κ1) is 11.7. The zero-order valence-corrected chi connectivity index (χ0v) is 10.8. The minimum atomic E-state index is -0.566. The molecule has 1 atom stereocenters. The van der Waals surface area contributed by atoms with E-state index >= 15 is 0 Å². The van der Waals surface area contributed by atoms with Crippen LogP contribution in [0, 0.1) is 0 Å². The molecule has 5 heteroatoms. The molecule has 2 aromatic rings. The van der Waals surface area contributed by atoms with Crippen molar-refractivity contribution in [3.8, 4) is 0 Å². The van der Waals surface area contributed by atoms with Crippen molar-refractivity contribution in [1.82, 2.24) is 15.2 Å². The highest BCUT2D eigenvalue weighted by molar-refractivity contribution is 6.32. The van der Waals surface area contributed by atoms with Gasteiger partial charge in [-0.3, -0.25) is 15.1 Å². The van der Waals surface area contributed by atoms with Gasteiger partial charge in [0, 0.05) is 31.0 Å². The Hall–Kier alpha value is -2.14. The van der Waals surface area contributed by atoms with Crippen molar-refractivity contribution in [3.63, 3.8) is 0 Å². The van der Waals surface area contributed by atoms with Crippen LogP contribution in [0.25, 0.3) is 0 Å². The molecule has 96 valence electrons. The van der Waals surface area contributed by atoms with Crippen molar-refractivity contribution >= 4 is 19.2 Å². The molecule has 1 unspecified atom stereocenters. The predicted octanol–water partition coefficient (Wildman–Crippen LogP) is 0.135. The molecule has 2 radical (unpaired) electrons. The van der Waals surface area contributed by atoms with E-state index < -0.39 is 5.66 Å². The summed E-state index contributed by atoms with van der Waals surface area (Å²) in [5.74, 6) is 0.0370. The van der Waals surface area contributed by atoms with Crippen molar-refractivity contribution < 1.29 is 4.79 Å². The second kappa shape index (κ2) is 3.93. The number of amides is 1. The van der Waals surface area contributed by atoms with Crippen LogP contribution in [-0.4, -0.2) is 36.7 Å². The number of pyridine rings is 1. The van der Waals surface area contributed by atoms with Gasteiger partial charge in [-0.05, 0) is 11.6 Å². The van der Waals surface area contributed by atoms with Crippen LogP contribution in [0.4, 0.5) is 0 Å². The Bertz CT molecular complexity index is 701. The molecule has 0 spiro atoms. The van der Waals surface area contributed by atoms with Gasteiger partial charge >= 0.3 is 0 Å². The maximum absolute atomic E-state index is 12.5. The molecule has 1 aromatic carbocycles. The van der Waals surface area contributed by atoms with Gasteiger partial charge in [-0.1, -0.05) is 29.7 Å². The van der Waals surface area contributed by atoms with Gasteiger partial charge in [-0.2, -0.15) is 0 Å². The van der Waals surface area contributed by atoms with E-state index in [0.29, 0.717) is 17.6 Å². The molecule has 3 heterocycles. The van der Waals surface area contributed by atoms with Gasteiger partial charge in [-0.15, -0.1) is 0 Å². The Labute approximate surface area is 118 Å². The molecule has 1 N–H and O–H groups in total. The average molecular weight is 261 g/mol. The van der Waals surface area contributed by atoms with Crippen molar-refractivity contribution in [2.24, 2.45) is 0 Å². The van der Waals surface area contributed by atoms with Gasteiger partial charge in [0.1, 0.15) is 13.5 Å². The third-order valence-electron chi connectivity index (χ3n) is 4.14. The number of carbonyl (C=O) groups excluding carboxylic acids is 1.